The third-order valence-corrected chi connectivity index (χ3v) is 8.35. The van der Waals surface area contributed by atoms with Gasteiger partial charge >= 0.3 is 0 Å². The lowest BCUT2D eigenvalue weighted by atomic mass is 10.1. The maximum Gasteiger partial charge on any atom is 0.267 e. The molecule has 34 heavy (non-hydrogen) atoms. The number of nitrogens with one attached hydrogen (secondary N) is 1. The number of hydrogen-bond acceptors (Lipinski definition) is 5. The Labute approximate surface area is 203 Å². The van der Waals surface area contributed by atoms with Crippen LogP contribution in [0.2, 0.25) is 0 Å². The summed E-state index contributed by atoms with van der Waals surface area (Å²) >= 11 is 1.11. The maximum absolute atomic E-state index is 13.9. The van der Waals surface area contributed by atoms with Crippen LogP contribution in [0.1, 0.15) is 15.2 Å². The van der Waals surface area contributed by atoms with Gasteiger partial charge in [-0.1, -0.05) is 42.5 Å². The third kappa shape index (κ3) is 4.69. The van der Waals surface area contributed by atoms with E-state index in [1.807, 2.05) is 43.3 Å². The number of methoxy groups -OCH3 is 1. The zero-order valence-corrected chi connectivity index (χ0v) is 20.6. The summed E-state index contributed by atoms with van der Waals surface area (Å²) in [4.78, 5) is 13.4. The number of hydrogen-bond donors (Lipinski definition) is 1. The van der Waals surface area contributed by atoms with Gasteiger partial charge in [0.1, 0.15) is 15.5 Å². The molecule has 0 radical (unpaired) electrons. The summed E-state index contributed by atoms with van der Waals surface area (Å²) in [7, 11) is -0.997. The Morgan fingerprint density at radius 3 is 2.32 bits per heavy atom. The molecule has 0 bridgehead atoms. The fraction of sp³-hybridized carbons (Fsp3) is 0.115. The van der Waals surface area contributed by atoms with Crippen LogP contribution in [0.3, 0.4) is 0 Å². The number of benzene rings is 3. The second kappa shape index (κ2) is 9.70. The van der Waals surface area contributed by atoms with E-state index in [9.17, 15) is 13.2 Å². The summed E-state index contributed by atoms with van der Waals surface area (Å²) in [5.74, 6) is 0.164. The standard InChI is InChI=1S/C26H24N2O4S2/c1-18-8-7-11-21(16-18)28(2)34(30,31)25-23(19-9-5-4-6-10-19)17-33-24(25)26(29)27-20-12-14-22(32-3)15-13-20/h4-17H,1-3H3,(H,27,29). The minimum absolute atomic E-state index is 0.0151. The molecule has 3 aromatic carbocycles. The predicted octanol–water partition coefficient (Wildman–Crippen LogP) is 5.81. The summed E-state index contributed by atoms with van der Waals surface area (Å²) in [5, 5.41) is 4.53. The van der Waals surface area contributed by atoms with Crippen molar-refractivity contribution in [3.63, 3.8) is 0 Å². The number of aryl methyl sites for hydroxylation is 1. The Balaban J connectivity index is 1.80. The van der Waals surface area contributed by atoms with E-state index in [2.05, 4.69) is 5.32 Å². The fourth-order valence-electron chi connectivity index (χ4n) is 3.54. The van der Waals surface area contributed by atoms with E-state index >= 15 is 0 Å². The molecule has 1 aromatic heterocycles. The van der Waals surface area contributed by atoms with Crippen molar-refractivity contribution in [3.05, 3.63) is 94.7 Å². The minimum atomic E-state index is -4.06. The van der Waals surface area contributed by atoms with Crippen molar-refractivity contribution >= 4 is 38.6 Å². The smallest absolute Gasteiger partial charge is 0.267 e. The summed E-state index contributed by atoms with van der Waals surface area (Å²) in [5.41, 5.74) is 3.21. The van der Waals surface area contributed by atoms with E-state index in [0.29, 0.717) is 22.7 Å². The summed E-state index contributed by atoms with van der Waals surface area (Å²) < 4.78 is 34.2. The molecule has 0 saturated heterocycles. The van der Waals surface area contributed by atoms with Gasteiger partial charge in [0.15, 0.2) is 0 Å². The van der Waals surface area contributed by atoms with Gasteiger partial charge in [0, 0.05) is 23.7 Å². The average molecular weight is 493 g/mol. The van der Waals surface area contributed by atoms with E-state index < -0.39 is 15.9 Å². The number of anilines is 2. The molecule has 1 heterocycles. The predicted molar refractivity (Wildman–Crippen MR) is 137 cm³/mol. The highest BCUT2D eigenvalue weighted by molar-refractivity contribution is 7.93. The third-order valence-electron chi connectivity index (χ3n) is 5.37. The molecule has 1 amide bonds. The van der Waals surface area contributed by atoms with Gasteiger partial charge in [-0.25, -0.2) is 8.42 Å². The molecule has 0 unspecified atom stereocenters. The topological polar surface area (TPSA) is 75.7 Å². The molecular weight excluding hydrogens is 468 g/mol. The lowest BCUT2D eigenvalue weighted by Gasteiger charge is -2.21. The monoisotopic (exact) mass is 492 g/mol. The number of thiophene rings is 1. The molecule has 0 aliphatic carbocycles. The van der Waals surface area contributed by atoms with Gasteiger partial charge in [-0.2, -0.15) is 0 Å². The number of amides is 1. The van der Waals surface area contributed by atoms with Crippen LogP contribution in [0.4, 0.5) is 11.4 Å². The zero-order chi connectivity index (χ0) is 24.3. The van der Waals surface area contributed by atoms with Crippen molar-refractivity contribution in [2.24, 2.45) is 0 Å². The summed E-state index contributed by atoms with van der Waals surface area (Å²) in [6.45, 7) is 1.90. The quantitative estimate of drug-likeness (QED) is 0.353. The highest BCUT2D eigenvalue weighted by Gasteiger charge is 2.32. The first-order valence-electron chi connectivity index (χ1n) is 10.5. The summed E-state index contributed by atoms with van der Waals surface area (Å²) in [6, 6.07) is 23.3. The van der Waals surface area contributed by atoms with Gasteiger partial charge < -0.3 is 10.1 Å². The van der Waals surface area contributed by atoms with Crippen LogP contribution in [0, 0.1) is 6.92 Å². The highest BCUT2D eigenvalue weighted by atomic mass is 32.2. The largest absolute Gasteiger partial charge is 0.497 e. The van der Waals surface area contributed by atoms with Gasteiger partial charge in [-0.3, -0.25) is 9.10 Å². The van der Waals surface area contributed by atoms with Gasteiger partial charge in [0.05, 0.1) is 12.8 Å². The van der Waals surface area contributed by atoms with Crippen LogP contribution in [0.25, 0.3) is 11.1 Å². The van der Waals surface area contributed by atoms with Gasteiger partial charge in [-0.15, -0.1) is 11.3 Å². The Bertz CT molecular complexity index is 1410. The van der Waals surface area contributed by atoms with Crippen molar-refractivity contribution in [1.29, 1.82) is 0 Å². The number of nitrogens with zero attached hydrogens (tertiary/aromatic N) is 1. The molecule has 0 aliphatic heterocycles. The average Bonchev–Trinajstić information content (AvgIpc) is 3.31. The molecule has 0 fully saturated rings. The normalized spacial score (nSPS) is 11.1. The zero-order valence-electron chi connectivity index (χ0n) is 19.0. The Kier molecular flexibility index (Phi) is 6.72. The van der Waals surface area contributed by atoms with Crippen LogP contribution in [0.5, 0.6) is 5.75 Å². The van der Waals surface area contributed by atoms with Crippen molar-refractivity contribution in [2.75, 3.05) is 23.8 Å². The number of carbonyl (C=O) groups excluding carboxylic acids is 1. The molecule has 6 nitrogen and oxygen atoms in total. The van der Waals surface area contributed by atoms with Crippen LogP contribution in [-0.4, -0.2) is 28.5 Å². The molecular formula is C26H24N2O4S2. The van der Waals surface area contributed by atoms with Crippen LogP contribution < -0.4 is 14.4 Å². The first-order chi connectivity index (χ1) is 16.3. The molecule has 174 valence electrons. The number of carbonyl (C=O) groups is 1. The molecule has 1 N–H and O–H groups in total. The lowest BCUT2D eigenvalue weighted by molar-refractivity contribution is 0.102. The fourth-order valence-corrected chi connectivity index (χ4v) is 6.38. The summed E-state index contributed by atoms with van der Waals surface area (Å²) in [6.07, 6.45) is 0. The molecule has 0 spiro atoms. The van der Waals surface area contributed by atoms with Gasteiger partial charge in [0.2, 0.25) is 0 Å². The molecule has 4 aromatic rings. The van der Waals surface area contributed by atoms with Crippen molar-refractivity contribution in [1.82, 2.24) is 0 Å². The minimum Gasteiger partial charge on any atom is -0.497 e. The highest BCUT2D eigenvalue weighted by Crippen LogP contribution is 2.38. The Morgan fingerprint density at radius 2 is 1.68 bits per heavy atom. The van der Waals surface area contributed by atoms with E-state index in [1.165, 1.54) is 11.4 Å². The maximum atomic E-state index is 13.9. The lowest BCUT2D eigenvalue weighted by Crippen LogP contribution is -2.28. The van der Waals surface area contributed by atoms with Crippen molar-refractivity contribution < 1.29 is 17.9 Å². The van der Waals surface area contributed by atoms with Crippen molar-refractivity contribution in [2.45, 2.75) is 11.8 Å². The Morgan fingerprint density at radius 1 is 0.971 bits per heavy atom. The first kappa shape index (κ1) is 23.5. The van der Waals surface area contributed by atoms with E-state index in [-0.39, 0.29) is 9.77 Å². The second-order valence-electron chi connectivity index (χ2n) is 7.67. The number of rotatable bonds is 7. The second-order valence-corrected chi connectivity index (χ2v) is 10.5. The van der Waals surface area contributed by atoms with Crippen LogP contribution in [0.15, 0.2) is 89.1 Å². The molecule has 0 aliphatic rings. The molecule has 4 rings (SSSR count). The van der Waals surface area contributed by atoms with E-state index in [4.69, 9.17) is 4.74 Å². The Hall–Kier alpha value is -3.62. The number of ether oxygens (including phenoxy) is 1. The molecule has 0 saturated carbocycles. The first-order valence-corrected chi connectivity index (χ1v) is 12.8. The van der Waals surface area contributed by atoms with E-state index in [1.54, 1.807) is 55.0 Å². The van der Waals surface area contributed by atoms with Gasteiger partial charge in [0.25, 0.3) is 15.9 Å². The van der Waals surface area contributed by atoms with Crippen molar-refractivity contribution in [3.8, 4) is 16.9 Å². The number of sulfonamides is 1. The van der Waals surface area contributed by atoms with Gasteiger partial charge in [-0.05, 0) is 54.4 Å². The molecule has 8 heteroatoms. The van der Waals surface area contributed by atoms with E-state index in [0.717, 1.165) is 22.5 Å². The van der Waals surface area contributed by atoms with Crippen LogP contribution in [-0.2, 0) is 10.0 Å². The van der Waals surface area contributed by atoms with Crippen LogP contribution >= 0.6 is 11.3 Å². The SMILES string of the molecule is COc1ccc(NC(=O)c2scc(-c3ccccc3)c2S(=O)(=O)N(C)c2cccc(C)c2)cc1. The molecule has 0 atom stereocenters.